The van der Waals surface area contributed by atoms with Crippen molar-refractivity contribution >= 4 is 0 Å². The highest BCUT2D eigenvalue weighted by atomic mass is 16.5. The number of hydrogen-bond acceptors (Lipinski definition) is 6. The van der Waals surface area contributed by atoms with Crippen LogP contribution in [0.1, 0.15) is 22.3 Å². The second-order valence-corrected chi connectivity index (χ2v) is 8.35. The van der Waals surface area contributed by atoms with Gasteiger partial charge in [0.25, 0.3) is 0 Å². The van der Waals surface area contributed by atoms with Gasteiger partial charge >= 0.3 is 0 Å². The van der Waals surface area contributed by atoms with E-state index in [1.807, 2.05) is 36.4 Å². The van der Waals surface area contributed by atoms with Gasteiger partial charge < -0.3 is 29.9 Å². The standard InChI is InChI=1S/C30H30O6/c31-19-21-35-27-15-11-25(12-16-27)29(33,23-7-3-1-4-8-23)30(34,24-9-5-2-6-10-24)26-13-17-28(18-14-26)36-22-20-32/h1-18,31-34H,19-22H2. The van der Waals surface area contributed by atoms with Gasteiger partial charge in [-0.2, -0.15) is 0 Å². The maximum atomic E-state index is 12.7. The number of aliphatic hydroxyl groups is 4. The molecule has 0 aliphatic rings. The van der Waals surface area contributed by atoms with Crippen molar-refractivity contribution in [2.45, 2.75) is 11.2 Å². The molecule has 0 bridgehead atoms. The van der Waals surface area contributed by atoms with Gasteiger partial charge in [-0.3, -0.25) is 0 Å². The predicted molar refractivity (Wildman–Crippen MR) is 137 cm³/mol. The Labute approximate surface area is 210 Å². The van der Waals surface area contributed by atoms with Crippen LogP contribution in [0.4, 0.5) is 0 Å². The quantitative estimate of drug-likeness (QED) is 0.259. The molecule has 0 amide bonds. The number of hydrogen-bond donors (Lipinski definition) is 4. The van der Waals surface area contributed by atoms with Gasteiger partial charge in [0, 0.05) is 0 Å². The Morgan fingerprint density at radius 2 is 0.750 bits per heavy atom. The molecule has 36 heavy (non-hydrogen) atoms. The molecule has 0 fully saturated rings. The van der Waals surface area contributed by atoms with Crippen LogP contribution in [0, 0.1) is 0 Å². The highest BCUT2D eigenvalue weighted by molar-refractivity contribution is 5.51. The largest absolute Gasteiger partial charge is 0.491 e. The van der Waals surface area contributed by atoms with Gasteiger partial charge in [0.15, 0.2) is 11.2 Å². The summed E-state index contributed by atoms with van der Waals surface area (Å²) >= 11 is 0. The fourth-order valence-electron chi connectivity index (χ4n) is 4.44. The summed E-state index contributed by atoms with van der Waals surface area (Å²) in [5, 5.41) is 43.5. The zero-order valence-corrected chi connectivity index (χ0v) is 19.8. The molecule has 0 aliphatic heterocycles. The summed E-state index contributed by atoms with van der Waals surface area (Å²) in [6.45, 7) is 0.0882. The van der Waals surface area contributed by atoms with E-state index in [1.54, 1.807) is 72.8 Å². The summed E-state index contributed by atoms with van der Waals surface area (Å²) in [7, 11) is 0. The molecule has 0 saturated heterocycles. The molecule has 0 aromatic heterocycles. The normalized spacial score (nSPS) is 14.4. The third kappa shape index (κ3) is 4.85. The molecular formula is C30H30O6. The lowest BCUT2D eigenvalue weighted by Crippen LogP contribution is -2.51. The molecule has 4 aromatic carbocycles. The van der Waals surface area contributed by atoms with Gasteiger partial charge in [-0.25, -0.2) is 0 Å². The summed E-state index contributed by atoms with van der Waals surface area (Å²) in [6.07, 6.45) is 0. The number of ether oxygens (including phenoxy) is 2. The van der Waals surface area contributed by atoms with Crippen molar-refractivity contribution in [2.24, 2.45) is 0 Å². The molecular weight excluding hydrogens is 456 g/mol. The molecule has 6 heteroatoms. The minimum Gasteiger partial charge on any atom is -0.491 e. The molecule has 0 spiro atoms. The van der Waals surface area contributed by atoms with E-state index < -0.39 is 11.2 Å². The monoisotopic (exact) mass is 486 g/mol. The summed E-state index contributed by atoms with van der Waals surface area (Å²) in [5.74, 6) is 1.08. The Morgan fingerprint density at radius 1 is 0.444 bits per heavy atom. The van der Waals surface area contributed by atoms with Crippen LogP contribution >= 0.6 is 0 Å². The van der Waals surface area contributed by atoms with E-state index in [1.165, 1.54) is 0 Å². The smallest absolute Gasteiger partial charge is 0.152 e. The van der Waals surface area contributed by atoms with Crippen LogP contribution in [0.5, 0.6) is 11.5 Å². The van der Waals surface area contributed by atoms with Crippen LogP contribution < -0.4 is 9.47 Å². The predicted octanol–water partition coefficient (Wildman–Crippen LogP) is 3.60. The van der Waals surface area contributed by atoms with E-state index in [0.717, 1.165) is 0 Å². The second-order valence-electron chi connectivity index (χ2n) is 8.35. The van der Waals surface area contributed by atoms with E-state index in [-0.39, 0.29) is 26.4 Å². The first-order valence-corrected chi connectivity index (χ1v) is 11.8. The molecule has 0 saturated carbocycles. The lowest BCUT2D eigenvalue weighted by molar-refractivity contribution is -0.113. The average Bonchev–Trinajstić information content (AvgIpc) is 2.95. The molecule has 4 rings (SSSR count). The first kappa shape index (κ1) is 25.4. The van der Waals surface area contributed by atoms with Crippen LogP contribution in [0.2, 0.25) is 0 Å². The fraction of sp³-hybridized carbons (Fsp3) is 0.200. The number of aliphatic hydroxyl groups excluding tert-OH is 2. The van der Waals surface area contributed by atoms with Crippen molar-refractivity contribution in [3.05, 3.63) is 131 Å². The second kappa shape index (κ2) is 11.4. The minimum absolute atomic E-state index is 0.110. The Balaban J connectivity index is 1.92. The zero-order valence-electron chi connectivity index (χ0n) is 19.8. The van der Waals surface area contributed by atoms with Crippen molar-refractivity contribution in [1.29, 1.82) is 0 Å². The van der Waals surface area contributed by atoms with Crippen molar-refractivity contribution in [3.8, 4) is 11.5 Å². The zero-order chi connectivity index (χ0) is 25.4. The third-order valence-electron chi connectivity index (χ3n) is 6.17. The van der Waals surface area contributed by atoms with E-state index in [9.17, 15) is 10.2 Å². The van der Waals surface area contributed by atoms with E-state index in [2.05, 4.69) is 0 Å². The van der Waals surface area contributed by atoms with Crippen LogP contribution in [-0.2, 0) is 11.2 Å². The highest BCUT2D eigenvalue weighted by Crippen LogP contribution is 2.50. The molecule has 186 valence electrons. The van der Waals surface area contributed by atoms with Crippen LogP contribution in [0.3, 0.4) is 0 Å². The highest BCUT2D eigenvalue weighted by Gasteiger charge is 2.54. The van der Waals surface area contributed by atoms with E-state index in [0.29, 0.717) is 33.8 Å². The molecule has 0 radical (unpaired) electrons. The Morgan fingerprint density at radius 3 is 1.06 bits per heavy atom. The minimum atomic E-state index is -1.90. The Bertz CT molecular complexity index is 1110. The first-order valence-electron chi connectivity index (χ1n) is 11.8. The van der Waals surface area contributed by atoms with E-state index in [4.69, 9.17) is 19.7 Å². The van der Waals surface area contributed by atoms with Crippen molar-refractivity contribution in [3.63, 3.8) is 0 Å². The number of benzene rings is 4. The lowest BCUT2D eigenvalue weighted by atomic mass is 9.66. The maximum absolute atomic E-state index is 12.7. The lowest BCUT2D eigenvalue weighted by Gasteiger charge is -2.45. The van der Waals surface area contributed by atoms with Crippen LogP contribution in [-0.4, -0.2) is 46.9 Å². The van der Waals surface area contributed by atoms with Crippen molar-refractivity contribution in [2.75, 3.05) is 26.4 Å². The SMILES string of the molecule is OCCOc1ccc(C(O)(c2ccccc2)C(O)(c2ccccc2)c2ccc(OCCO)cc2)cc1. The number of rotatable bonds is 11. The van der Waals surface area contributed by atoms with Gasteiger partial charge in [0.2, 0.25) is 0 Å². The molecule has 4 N–H and O–H groups in total. The van der Waals surface area contributed by atoms with Gasteiger partial charge in [-0.15, -0.1) is 0 Å². The third-order valence-corrected chi connectivity index (χ3v) is 6.17. The first-order chi connectivity index (χ1) is 17.5. The summed E-state index contributed by atoms with van der Waals surface area (Å²) in [5.41, 5.74) is -1.90. The van der Waals surface area contributed by atoms with Crippen LogP contribution in [0.15, 0.2) is 109 Å². The van der Waals surface area contributed by atoms with Crippen LogP contribution in [0.25, 0.3) is 0 Å². The van der Waals surface area contributed by atoms with Gasteiger partial charge in [-0.05, 0) is 46.5 Å². The van der Waals surface area contributed by atoms with Crippen molar-refractivity contribution in [1.82, 2.24) is 0 Å². The van der Waals surface area contributed by atoms with Gasteiger partial charge in [-0.1, -0.05) is 84.9 Å². The Kier molecular flexibility index (Phi) is 8.03. The summed E-state index contributed by atoms with van der Waals surface area (Å²) in [6, 6.07) is 31.8. The fourth-order valence-corrected chi connectivity index (χ4v) is 4.44. The maximum Gasteiger partial charge on any atom is 0.152 e. The molecule has 2 atom stereocenters. The summed E-state index contributed by atoms with van der Waals surface area (Å²) in [4.78, 5) is 0. The van der Waals surface area contributed by atoms with Gasteiger partial charge in [0.1, 0.15) is 24.7 Å². The van der Waals surface area contributed by atoms with Crippen molar-refractivity contribution < 1.29 is 29.9 Å². The summed E-state index contributed by atoms with van der Waals surface area (Å²) < 4.78 is 11.0. The molecule has 4 aromatic rings. The topological polar surface area (TPSA) is 99.4 Å². The molecule has 6 nitrogen and oxygen atoms in total. The Hall–Kier alpha value is -3.68. The molecule has 2 unspecified atom stereocenters. The van der Waals surface area contributed by atoms with Gasteiger partial charge in [0.05, 0.1) is 13.2 Å². The molecule has 0 aliphatic carbocycles. The average molecular weight is 487 g/mol. The molecule has 0 heterocycles. The van der Waals surface area contributed by atoms with E-state index >= 15 is 0 Å².